The highest BCUT2D eigenvalue weighted by Crippen LogP contribution is 2.25. The molecule has 0 saturated heterocycles. The molecule has 8 nitrogen and oxygen atoms in total. The van der Waals surface area contributed by atoms with Crippen molar-refractivity contribution in [3.05, 3.63) is 54.1 Å². The zero-order chi connectivity index (χ0) is 22.7. The molecule has 0 spiro atoms. The summed E-state index contributed by atoms with van der Waals surface area (Å²) in [7, 11) is 1.63. The number of nitrogens with one attached hydrogen (secondary N) is 1. The fraction of sp³-hybridized carbons (Fsp3) is 0.364. The number of hydrogen-bond acceptors (Lipinski definition) is 6. The number of ether oxygens (including phenoxy) is 2. The molecule has 8 heteroatoms. The van der Waals surface area contributed by atoms with Gasteiger partial charge in [-0.25, -0.2) is 9.59 Å². The van der Waals surface area contributed by atoms with Gasteiger partial charge in [-0.15, -0.1) is 0 Å². The molecule has 2 rings (SSSR count). The molecule has 0 heterocycles. The lowest BCUT2D eigenvalue weighted by atomic mass is 9.87. The fourth-order valence-corrected chi connectivity index (χ4v) is 2.32. The van der Waals surface area contributed by atoms with Crippen molar-refractivity contribution in [3.8, 4) is 11.5 Å². The number of anilines is 1. The molecule has 0 fully saturated rings. The minimum Gasteiger partial charge on any atom is -0.495 e. The molecule has 0 bridgehead atoms. The molecule has 30 heavy (non-hydrogen) atoms. The van der Waals surface area contributed by atoms with Gasteiger partial charge in [0.2, 0.25) is 0 Å². The lowest BCUT2D eigenvalue weighted by Gasteiger charge is -2.19. The standard InChI is InChI=1S/C20H27NO3.C2H2O4/c1-20(2,3)15-9-11-17(12-10-15)24-14-16(22)13-21-18-7-5-6-8-19(18)23-4;3-1(4)2(5)6/h5-12,16,21-22H,13-14H2,1-4H3;(H,3,4)(H,5,6). The van der Waals surface area contributed by atoms with Gasteiger partial charge in [0.25, 0.3) is 0 Å². The Morgan fingerprint density at radius 3 is 2.07 bits per heavy atom. The van der Waals surface area contributed by atoms with Crippen LogP contribution in [0.4, 0.5) is 5.69 Å². The van der Waals surface area contributed by atoms with Crippen LogP contribution in [0.1, 0.15) is 26.3 Å². The van der Waals surface area contributed by atoms with Gasteiger partial charge in [-0.2, -0.15) is 0 Å². The molecular weight excluding hydrogens is 390 g/mol. The van der Waals surface area contributed by atoms with Crippen LogP contribution in [-0.4, -0.2) is 53.6 Å². The van der Waals surface area contributed by atoms with Crippen LogP contribution in [0.15, 0.2) is 48.5 Å². The van der Waals surface area contributed by atoms with Crippen LogP contribution >= 0.6 is 0 Å². The fourth-order valence-electron chi connectivity index (χ4n) is 2.32. The van der Waals surface area contributed by atoms with E-state index in [1.54, 1.807) is 7.11 Å². The van der Waals surface area contributed by atoms with Crippen LogP contribution in [0.25, 0.3) is 0 Å². The number of hydrogen-bond donors (Lipinski definition) is 4. The maximum Gasteiger partial charge on any atom is 0.414 e. The molecule has 0 aliphatic carbocycles. The summed E-state index contributed by atoms with van der Waals surface area (Å²) >= 11 is 0. The van der Waals surface area contributed by atoms with E-state index in [1.165, 1.54) is 5.56 Å². The smallest absolute Gasteiger partial charge is 0.414 e. The second-order valence-corrected chi connectivity index (χ2v) is 7.43. The number of carboxylic acids is 2. The minimum atomic E-state index is -1.82. The zero-order valence-corrected chi connectivity index (χ0v) is 17.6. The molecule has 164 valence electrons. The second-order valence-electron chi connectivity index (χ2n) is 7.43. The Hall–Kier alpha value is -3.26. The van der Waals surface area contributed by atoms with E-state index in [-0.39, 0.29) is 12.0 Å². The van der Waals surface area contributed by atoms with Crippen molar-refractivity contribution in [2.45, 2.75) is 32.3 Å². The lowest BCUT2D eigenvalue weighted by Crippen LogP contribution is -2.26. The van der Waals surface area contributed by atoms with Crippen molar-refractivity contribution in [1.82, 2.24) is 0 Å². The molecule has 0 radical (unpaired) electrons. The SMILES string of the molecule is COc1ccccc1NCC(O)COc1ccc(C(C)(C)C)cc1.O=C(O)C(=O)O. The molecule has 0 aliphatic heterocycles. The summed E-state index contributed by atoms with van der Waals surface area (Å²) in [6.45, 7) is 7.15. The van der Waals surface area contributed by atoms with Gasteiger partial charge in [-0.3, -0.25) is 0 Å². The summed E-state index contributed by atoms with van der Waals surface area (Å²) in [6.07, 6.45) is -0.614. The summed E-state index contributed by atoms with van der Waals surface area (Å²) in [5.41, 5.74) is 2.23. The predicted octanol–water partition coefficient (Wildman–Crippen LogP) is 3.00. The first-order valence-corrected chi connectivity index (χ1v) is 9.29. The summed E-state index contributed by atoms with van der Waals surface area (Å²) in [5.74, 6) is -2.13. The highest BCUT2D eigenvalue weighted by molar-refractivity contribution is 6.27. The van der Waals surface area contributed by atoms with E-state index in [0.29, 0.717) is 6.54 Å². The number of carboxylic acid groups (broad SMARTS) is 2. The average molecular weight is 419 g/mol. The van der Waals surface area contributed by atoms with Crippen LogP contribution in [0.5, 0.6) is 11.5 Å². The van der Waals surface area contributed by atoms with Crippen molar-refractivity contribution in [2.24, 2.45) is 0 Å². The van der Waals surface area contributed by atoms with Crippen molar-refractivity contribution < 1.29 is 34.4 Å². The first-order valence-electron chi connectivity index (χ1n) is 9.29. The topological polar surface area (TPSA) is 125 Å². The molecular formula is C22H29NO7. The Morgan fingerprint density at radius 1 is 1.00 bits per heavy atom. The number of aliphatic hydroxyl groups excluding tert-OH is 1. The molecule has 1 unspecified atom stereocenters. The monoisotopic (exact) mass is 419 g/mol. The average Bonchev–Trinajstić information content (AvgIpc) is 2.71. The van der Waals surface area contributed by atoms with Gasteiger partial charge in [-0.1, -0.05) is 45.0 Å². The quantitative estimate of drug-likeness (QED) is 0.505. The van der Waals surface area contributed by atoms with Crippen molar-refractivity contribution in [3.63, 3.8) is 0 Å². The van der Waals surface area contributed by atoms with Crippen molar-refractivity contribution in [1.29, 1.82) is 0 Å². The number of methoxy groups -OCH3 is 1. The molecule has 1 atom stereocenters. The Balaban J connectivity index is 0.000000656. The number of aliphatic carboxylic acids is 2. The van der Waals surface area contributed by atoms with E-state index in [0.717, 1.165) is 17.2 Å². The van der Waals surface area contributed by atoms with Gasteiger partial charge in [-0.05, 0) is 35.2 Å². The number of rotatable bonds is 7. The van der Waals surface area contributed by atoms with E-state index >= 15 is 0 Å². The van der Waals surface area contributed by atoms with E-state index < -0.39 is 18.0 Å². The third kappa shape index (κ3) is 8.83. The predicted molar refractivity (Wildman–Crippen MR) is 113 cm³/mol. The molecule has 0 saturated carbocycles. The Kier molecular flexibility index (Phi) is 9.64. The molecule has 4 N–H and O–H groups in total. The maximum absolute atomic E-state index is 10.1. The number of para-hydroxylation sites is 2. The first kappa shape index (κ1) is 24.8. The third-order valence-electron chi connectivity index (χ3n) is 3.98. The molecule has 0 aliphatic rings. The summed E-state index contributed by atoms with van der Waals surface area (Å²) in [5, 5.41) is 28.0. The number of benzene rings is 2. The van der Waals surface area contributed by atoms with Gasteiger partial charge in [0.05, 0.1) is 12.8 Å². The highest BCUT2D eigenvalue weighted by atomic mass is 16.5. The Morgan fingerprint density at radius 2 is 1.57 bits per heavy atom. The van der Waals surface area contributed by atoms with Crippen LogP contribution in [0, 0.1) is 0 Å². The van der Waals surface area contributed by atoms with Gasteiger partial charge in [0, 0.05) is 6.54 Å². The molecule has 2 aromatic rings. The minimum absolute atomic E-state index is 0.122. The van der Waals surface area contributed by atoms with E-state index in [4.69, 9.17) is 29.3 Å². The maximum atomic E-state index is 10.1. The van der Waals surface area contributed by atoms with Crippen LogP contribution in [0.3, 0.4) is 0 Å². The Labute approximate surface area is 176 Å². The summed E-state index contributed by atoms with van der Waals surface area (Å²) in [6, 6.07) is 15.6. The van der Waals surface area contributed by atoms with Crippen molar-refractivity contribution >= 4 is 17.6 Å². The molecule has 0 amide bonds. The van der Waals surface area contributed by atoms with Crippen LogP contribution in [0.2, 0.25) is 0 Å². The van der Waals surface area contributed by atoms with E-state index in [2.05, 4.69) is 38.2 Å². The van der Waals surface area contributed by atoms with Gasteiger partial charge in [0.15, 0.2) is 0 Å². The molecule has 0 aromatic heterocycles. The van der Waals surface area contributed by atoms with Gasteiger partial charge < -0.3 is 30.1 Å². The number of carbonyl (C=O) groups is 2. The molecule has 2 aromatic carbocycles. The van der Waals surface area contributed by atoms with Gasteiger partial charge in [0.1, 0.15) is 24.2 Å². The highest BCUT2D eigenvalue weighted by Gasteiger charge is 2.13. The Bertz CT molecular complexity index is 801. The largest absolute Gasteiger partial charge is 0.495 e. The third-order valence-corrected chi connectivity index (χ3v) is 3.98. The lowest BCUT2D eigenvalue weighted by molar-refractivity contribution is -0.159. The first-order chi connectivity index (χ1) is 14.0. The van der Waals surface area contributed by atoms with Gasteiger partial charge >= 0.3 is 11.9 Å². The van der Waals surface area contributed by atoms with Crippen LogP contribution < -0.4 is 14.8 Å². The summed E-state index contributed by atoms with van der Waals surface area (Å²) in [4.78, 5) is 18.2. The number of aliphatic hydroxyl groups is 1. The summed E-state index contributed by atoms with van der Waals surface area (Å²) < 4.78 is 10.9. The normalized spacial score (nSPS) is 11.5. The van der Waals surface area contributed by atoms with E-state index in [1.807, 2.05) is 36.4 Å². The second kappa shape index (κ2) is 11.7. The van der Waals surface area contributed by atoms with Crippen LogP contribution in [-0.2, 0) is 15.0 Å². The van der Waals surface area contributed by atoms with Crippen molar-refractivity contribution in [2.75, 3.05) is 25.6 Å². The zero-order valence-electron chi connectivity index (χ0n) is 17.6. The van der Waals surface area contributed by atoms with E-state index in [9.17, 15) is 5.11 Å².